The second-order valence-electron chi connectivity index (χ2n) is 4.14. The first kappa shape index (κ1) is 9.54. The standard InChI is InChI=1S/C10H18N2/c1-3-9(7-11)12-8-10(2)5-4-6-10/h9,12H,3-6,8H2,1-2H3. The summed E-state index contributed by atoms with van der Waals surface area (Å²) in [7, 11) is 0. The zero-order valence-corrected chi connectivity index (χ0v) is 8.06. The monoisotopic (exact) mass is 166 g/mol. The summed E-state index contributed by atoms with van der Waals surface area (Å²) in [4.78, 5) is 0. The van der Waals surface area contributed by atoms with E-state index in [-0.39, 0.29) is 6.04 Å². The summed E-state index contributed by atoms with van der Waals surface area (Å²) in [6.45, 7) is 5.36. The first-order valence-corrected chi connectivity index (χ1v) is 4.83. The molecule has 2 heteroatoms. The third-order valence-corrected chi connectivity index (χ3v) is 2.90. The molecular weight excluding hydrogens is 148 g/mol. The Kier molecular flexibility index (Phi) is 3.11. The Hall–Kier alpha value is -0.550. The van der Waals surface area contributed by atoms with Crippen molar-refractivity contribution >= 4 is 0 Å². The van der Waals surface area contributed by atoms with Gasteiger partial charge in [0.2, 0.25) is 0 Å². The van der Waals surface area contributed by atoms with Crippen molar-refractivity contribution in [1.29, 1.82) is 5.26 Å². The lowest BCUT2D eigenvalue weighted by atomic mass is 9.70. The van der Waals surface area contributed by atoms with Crippen molar-refractivity contribution in [2.24, 2.45) is 5.41 Å². The number of nitrogens with one attached hydrogen (secondary N) is 1. The minimum Gasteiger partial charge on any atom is -0.301 e. The number of nitrogens with zero attached hydrogens (tertiary/aromatic N) is 1. The topological polar surface area (TPSA) is 35.8 Å². The van der Waals surface area contributed by atoms with Crippen LogP contribution in [-0.2, 0) is 0 Å². The maximum absolute atomic E-state index is 8.70. The third kappa shape index (κ3) is 2.22. The average molecular weight is 166 g/mol. The normalized spacial score (nSPS) is 22.4. The van der Waals surface area contributed by atoms with Crippen LogP contribution in [-0.4, -0.2) is 12.6 Å². The molecule has 1 fully saturated rings. The molecule has 0 aliphatic heterocycles. The van der Waals surface area contributed by atoms with E-state index in [1.54, 1.807) is 0 Å². The zero-order valence-electron chi connectivity index (χ0n) is 8.06. The van der Waals surface area contributed by atoms with Crippen LogP contribution in [0.5, 0.6) is 0 Å². The molecule has 2 nitrogen and oxygen atoms in total. The van der Waals surface area contributed by atoms with Gasteiger partial charge in [-0.1, -0.05) is 20.3 Å². The average Bonchev–Trinajstić information content (AvgIpc) is 2.03. The largest absolute Gasteiger partial charge is 0.301 e. The van der Waals surface area contributed by atoms with Crippen LogP contribution in [0, 0.1) is 16.7 Å². The molecule has 0 spiro atoms. The quantitative estimate of drug-likeness (QED) is 0.694. The highest BCUT2D eigenvalue weighted by atomic mass is 14.9. The SMILES string of the molecule is CCC(C#N)NCC1(C)CCC1. The van der Waals surface area contributed by atoms with E-state index >= 15 is 0 Å². The van der Waals surface area contributed by atoms with E-state index in [4.69, 9.17) is 5.26 Å². The summed E-state index contributed by atoms with van der Waals surface area (Å²) < 4.78 is 0. The minimum atomic E-state index is 0.0578. The van der Waals surface area contributed by atoms with Crippen LogP contribution in [0.2, 0.25) is 0 Å². The van der Waals surface area contributed by atoms with Gasteiger partial charge in [0.25, 0.3) is 0 Å². The molecule has 0 heterocycles. The summed E-state index contributed by atoms with van der Waals surface area (Å²) in [5, 5.41) is 12.0. The van der Waals surface area contributed by atoms with E-state index in [0.717, 1.165) is 13.0 Å². The zero-order chi connectivity index (χ0) is 9.03. The Morgan fingerprint density at radius 1 is 1.58 bits per heavy atom. The molecule has 0 aromatic heterocycles. The van der Waals surface area contributed by atoms with Gasteiger partial charge in [0.15, 0.2) is 0 Å². The summed E-state index contributed by atoms with van der Waals surface area (Å²) in [6.07, 6.45) is 4.91. The van der Waals surface area contributed by atoms with Gasteiger partial charge >= 0.3 is 0 Å². The number of hydrogen-bond acceptors (Lipinski definition) is 2. The van der Waals surface area contributed by atoms with E-state index in [1.807, 2.05) is 6.92 Å². The van der Waals surface area contributed by atoms with Crippen LogP contribution in [0.25, 0.3) is 0 Å². The molecule has 12 heavy (non-hydrogen) atoms. The lowest BCUT2D eigenvalue weighted by Crippen LogP contribution is -2.41. The predicted molar refractivity (Wildman–Crippen MR) is 49.7 cm³/mol. The van der Waals surface area contributed by atoms with Crippen LogP contribution in [0.4, 0.5) is 0 Å². The molecule has 0 bridgehead atoms. The van der Waals surface area contributed by atoms with Crippen LogP contribution in [0.1, 0.15) is 39.5 Å². The summed E-state index contributed by atoms with van der Waals surface area (Å²) in [6, 6.07) is 2.32. The van der Waals surface area contributed by atoms with E-state index in [1.165, 1.54) is 19.3 Å². The van der Waals surface area contributed by atoms with Gasteiger partial charge in [0.1, 0.15) is 0 Å². The summed E-state index contributed by atoms with van der Waals surface area (Å²) in [5.74, 6) is 0. The van der Waals surface area contributed by atoms with Crippen molar-refractivity contribution in [2.75, 3.05) is 6.54 Å². The van der Waals surface area contributed by atoms with Gasteiger partial charge in [-0.2, -0.15) is 5.26 Å². The first-order chi connectivity index (χ1) is 5.70. The summed E-state index contributed by atoms with van der Waals surface area (Å²) >= 11 is 0. The molecule has 0 saturated heterocycles. The lowest BCUT2D eigenvalue weighted by molar-refractivity contribution is 0.154. The predicted octanol–water partition coefficient (Wildman–Crippen LogP) is 2.07. The second kappa shape index (κ2) is 3.91. The second-order valence-corrected chi connectivity index (χ2v) is 4.14. The van der Waals surface area contributed by atoms with Crippen molar-refractivity contribution in [3.05, 3.63) is 0 Å². The highest BCUT2D eigenvalue weighted by Crippen LogP contribution is 2.39. The van der Waals surface area contributed by atoms with Crippen LogP contribution in [0.15, 0.2) is 0 Å². The van der Waals surface area contributed by atoms with Crippen molar-refractivity contribution in [3.63, 3.8) is 0 Å². The highest BCUT2D eigenvalue weighted by molar-refractivity contribution is 4.92. The van der Waals surface area contributed by atoms with E-state index in [9.17, 15) is 0 Å². The molecule has 0 aromatic carbocycles. The van der Waals surface area contributed by atoms with Crippen molar-refractivity contribution in [1.82, 2.24) is 5.32 Å². The fourth-order valence-corrected chi connectivity index (χ4v) is 1.61. The van der Waals surface area contributed by atoms with E-state index in [2.05, 4.69) is 18.3 Å². The van der Waals surface area contributed by atoms with E-state index < -0.39 is 0 Å². The van der Waals surface area contributed by atoms with Crippen LogP contribution in [0.3, 0.4) is 0 Å². The molecule has 0 amide bonds. The molecule has 1 aliphatic carbocycles. The lowest BCUT2D eigenvalue weighted by Gasteiger charge is -2.39. The number of hydrogen-bond donors (Lipinski definition) is 1. The van der Waals surface area contributed by atoms with Crippen LogP contribution >= 0.6 is 0 Å². The molecule has 1 aliphatic rings. The Balaban J connectivity index is 2.20. The molecule has 68 valence electrons. The first-order valence-electron chi connectivity index (χ1n) is 4.83. The van der Waals surface area contributed by atoms with Crippen molar-refractivity contribution in [3.8, 4) is 6.07 Å². The van der Waals surface area contributed by atoms with Gasteiger partial charge in [0.05, 0.1) is 12.1 Å². The Morgan fingerprint density at radius 3 is 2.58 bits per heavy atom. The maximum Gasteiger partial charge on any atom is 0.0950 e. The molecule has 1 N–H and O–H groups in total. The maximum atomic E-state index is 8.70. The molecule has 1 unspecified atom stereocenters. The molecule has 1 rings (SSSR count). The third-order valence-electron chi connectivity index (χ3n) is 2.90. The highest BCUT2D eigenvalue weighted by Gasteiger charge is 2.31. The minimum absolute atomic E-state index is 0.0578. The molecule has 0 aromatic rings. The van der Waals surface area contributed by atoms with Crippen molar-refractivity contribution < 1.29 is 0 Å². The number of rotatable bonds is 4. The molecular formula is C10H18N2. The van der Waals surface area contributed by atoms with Gasteiger partial charge in [-0.25, -0.2) is 0 Å². The molecule has 0 radical (unpaired) electrons. The van der Waals surface area contributed by atoms with E-state index in [0.29, 0.717) is 5.41 Å². The smallest absolute Gasteiger partial charge is 0.0950 e. The fraction of sp³-hybridized carbons (Fsp3) is 0.900. The molecule has 1 atom stereocenters. The van der Waals surface area contributed by atoms with Gasteiger partial charge in [0, 0.05) is 6.54 Å². The Bertz CT molecular complexity index is 177. The number of nitriles is 1. The van der Waals surface area contributed by atoms with Gasteiger partial charge in [-0.3, -0.25) is 0 Å². The van der Waals surface area contributed by atoms with Gasteiger partial charge in [-0.05, 0) is 24.7 Å². The summed E-state index contributed by atoms with van der Waals surface area (Å²) in [5.41, 5.74) is 0.490. The van der Waals surface area contributed by atoms with Crippen LogP contribution < -0.4 is 5.32 Å². The van der Waals surface area contributed by atoms with Gasteiger partial charge in [-0.15, -0.1) is 0 Å². The Morgan fingerprint density at radius 2 is 2.25 bits per heavy atom. The fourth-order valence-electron chi connectivity index (χ4n) is 1.61. The molecule has 1 saturated carbocycles. The Labute approximate surface area is 75.0 Å². The van der Waals surface area contributed by atoms with Crippen molar-refractivity contribution in [2.45, 2.75) is 45.6 Å². The van der Waals surface area contributed by atoms with Gasteiger partial charge < -0.3 is 5.32 Å².